The number of carbonyl (C=O) groups excluding carboxylic acids is 1. The number of aromatic nitrogens is 1. The zero-order valence-electron chi connectivity index (χ0n) is 21.9. The van der Waals surface area contributed by atoms with Crippen molar-refractivity contribution >= 4 is 5.91 Å². The molecule has 2 fully saturated rings. The molecule has 4 N–H and O–H groups in total. The van der Waals surface area contributed by atoms with E-state index in [-0.39, 0.29) is 18.0 Å². The summed E-state index contributed by atoms with van der Waals surface area (Å²) in [5, 5.41) is 20.9. The number of aliphatic hydroxyl groups is 1. The first-order valence-electron chi connectivity index (χ1n) is 13.8. The molecule has 3 heterocycles. The first-order valence-corrected chi connectivity index (χ1v) is 13.8. The van der Waals surface area contributed by atoms with Crippen LogP contribution in [0.1, 0.15) is 61.0 Å². The van der Waals surface area contributed by atoms with Gasteiger partial charge in [-0.05, 0) is 68.3 Å². The third-order valence-electron chi connectivity index (χ3n) is 8.12. The molecule has 5 rings (SSSR count). The van der Waals surface area contributed by atoms with Gasteiger partial charge in [0.05, 0.1) is 18.5 Å². The number of benzene rings is 1. The fraction of sp³-hybridized carbons (Fsp3) is 0.643. The summed E-state index contributed by atoms with van der Waals surface area (Å²) in [6, 6.07) is 4.71. The van der Waals surface area contributed by atoms with Crippen molar-refractivity contribution in [1.29, 1.82) is 0 Å². The largest absolute Gasteiger partial charge is 0.485 e. The van der Waals surface area contributed by atoms with Crippen molar-refractivity contribution in [3.8, 4) is 5.75 Å². The molecule has 2 aromatic rings. The normalized spacial score (nSPS) is 23.5. The maximum absolute atomic E-state index is 12.8. The fourth-order valence-corrected chi connectivity index (χ4v) is 6.04. The molecule has 0 radical (unpaired) electrons. The lowest BCUT2D eigenvalue weighted by Gasteiger charge is -2.33. The summed E-state index contributed by atoms with van der Waals surface area (Å²) in [5.41, 5.74) is 3.75. The van der Waals surface area contributed by atoms with E-state index in [0.717, 1.165) is 50.2 Å². The molecule has 202 valence electrons. The van der Waals surface area contributed by atoms with Crippen LogP contribution in [0.4, 0.5) is 0 Å². The van der Waals surface area contributed by atoms with Gasteiger partial charge in [-0.25, -0.2) is 4.98 Å². The summed E-state index contributed by atoms with van der Waals surface area (Å²) in [7, 11) is 0. The van der Waals surface area contributed by atoms with Gasteiger partial charge >= 0.3 is 0 Å². The Balaban J connectivity index is 1.05. The van der Waals surface area contributed by atoms with Crippen LogP contribution >= 0.6 is 0 Å². The highest BCUT2D eigenvalue weighted by Gasteiger charge is 2.29. The first kappa shape index (κ1) is 26.2. The summed E-state index contributed by atoms with van der Waals surface area (Å²) in [6.45, 7) is 5.80. The highest BCUT2D eigenvalue weighted by Crippen LogP contribution is 2.30. The number of hydrogen-bond donors (Lipinski definition) is 4. The number of fused-ring (bicyclic) bond motifs is 1. The maximum atomic E-state index is 12.8. The second kappa shape index (κ2) is 12.4. The summed E-state index contributed by atoms with van der Waals surface area (Å²) in [6.07, 6.45) is 10.3. The molecule has 1 saturated carbocycles. The molecular formula is C28H41N5O4. The van der Waals surface area contributed by atoms with Crippen molar-refractivity contribution in [2.75, 3.05) is 26.2 Å². The highest BCUT2D eigenvalue weighted by atomic mass is 16.5. The molecule has 3 aliphatic rings. The molecule has 1 aliphatic carbocycles. The van der Waals surface area contributed by atoms with Gasteiger partial charge in [0.25, 0.3) is 0 Å². The number of nitrogens with zero attached hydrogens (tertiary/aromatic N) is 2. The molecule has 1 saturated heterocycles. The second-order valence-electron chi connectivity index (χ2n) is 10.8. The fourth-order valence-electron chi connectivity index (χ4n) is 6.04. The van der Waals surface area contributed by atoms with E-state index >= 15 is 0 Å². The van der Waals surface area contributed by atoms with E-state index in [1.165, 1.54) is 43.2 Å². The Morgan fingerprint density at radius 1 is 1.32 bits per heavy atom. The van der Waals surface area contributed by atoms with E-state index in [4.69, 9.17) is 9.15 Å². The van der Waals surface area contributed by atoms with Gasteiger partial charge in [0.1, 0.15) is 12.4 Å². The molecule has 3 atom stereocenters. The molecule has 9 heteroatoms. The van der Waals surface area contributed by atoms with E-state index in [1.807, 2.05) is 6.07 Å². The Morgan fingerprint density at radius 3 is 3.00 bits per heavy atom. The van der Waals surface area contributed by atoms with Crippen LogP contribution in [-0.2, 0) is 24.4 Å². The number of carbonyl (C=O) groups is 1. The summed E-state index contributed by atoms with van der Waals surface area (Å²) in [5.74, 6) is 1.63. The maximum Gasteiger partial charge on any atom is 0.223 e. The van der Waals surface area contributed by atoms with Gasteiger partial charge in [-0.3, -0.25) is 15.0 Å². The predicted octanol–water partition coefficient (Wildman–Crippen LogP) is 2.26. The molecule has 2 unspecified atom stereocenters. The molecule has 9 nitrogen and oxygen atoms in total. The number of amides is 1. The van der Waals surface area contributed by atoms with E-state index in [9.17, 15) is 9.90 Å². The van der Waals surface area contributed by atoms with Crippen LogP contribution in [0.15, 0.2) is 29.1 Å². The van der Waals surface area contributed by atoms with Gasteiger partial charge in [0.15, 0.2) is 12.2 Å². The average Bonchev–Trinajstić information content (AvgIpc) is 3.62. The Kier molecular flexibility index (Phi) is 8.76. The average molecular weight is 512 g/mol. The highest BCUT2D eigenvalue weighted by molar-refractivity contribution is 5.78. The molecule has 1 aromatic heterocycles. The van der Waals surface area contributed by atoms with Crippen molar-refractivity contribution in [2.45, 2.75) is 83.3 Å². The number of aliphatic hydroxyl groups excluding tert-OH is 1. The van der Waals surface area contributed by atoms with Crippen LogP contribution < -0.4 is 20.7 Å². The van der Waals surface area contributed by atoms with Crippen LogP contribution in [0.3, 0.4) is 0 Å². The lowest BCUT2D eigenvalue weighted by Crippen LogP contribution is -2.53. The Labute approximate surface area is 219 Å². The summed E-state index contributed by atoms with van der Waals surface area (Å²) >= 11 is 0. The molecule has 0 spiro atoms. The van der Waals surface area contributed by atoms with Crippen molar-refractivity contribution in [1.82, 2.24) is 25.8 Å². The molecule has 37 heavy (non-hydrogen) atoms. The Morgan fingerprint density at radius 2 is 2.19 bits per heavy atom. The molecule has 0 bridgehead atoms. The zero-order chi connectivity index (χ0) is 25.6. The lowest BCUT2D eigenvalue weighted by atomic mass is 9.94. The van der Waals surface area contributed by atoms with Gasteiger partial charge in [0, 0.05) is 38.1 Å². The van der Waals surface area contributed by atoms with Crippen molar-refractivity contribution in [3.05, 3.63) is 47.2 Å². The molecule has 1 amide bonds. The minimum absolute atomic E-state index is 0.00217. The van der Waals surface area contributed by atoms with Crippen molar-refractivity contribution in [3.63, 3.8) is 0 Å². The van der Waals surface area contributed by atoms with Gasteiger partial charge in [0.2, 0.25) is 5.91 Å². The first-order chi connectivity index (χ1) is 18.0. The number of piperidine rings is 1. The van der Waals surface area contributed by atoms with Crippen LogP contribution in [0.5, 0.6) is 5.75 Å². The number of oxazole rings is 1. The number of ether oxygens (including phenoxy) is 1. The number of nitrogens with one attached hydrogen (secondary N) is 3. The summed E-state index contributed by atoms with van der Waals surface area (Å²) < 4.78 is 11.2. The van der Waals surface area contributed by atoms with Crippen LogP contribution in [0.25, 0.3) is 0 Å². The quantitative estimate of drug-likeness (QED) is 0.384. The number of hydrogen-bond acceptors (Lipinski definition) is 8. The topological polar surface area (TPSA) is 112 Å². The van der Waals surface area contributed by atoms with Gasteiger partial charge in [-0.2, -0.15) is 0 Å². The van der Waals surface area contributed by atoms with Gasteiger partial charge in [-0.1, -0.05) is 18.9 Å². The third kappa shape index (κ3) is 6.90. The minimum atomic E-state index is -0.592. The van der Waals surface area contributed by atoms with Gasteiger partial charge in [-0.15, -0.1) is 0 Å². The van der Waals surface area contributed by atoms with Crippen LogP contribution in [0, 0.1) is 12.8 Å². The smallest absolute Gasteiger partial charge is 0.223 e. The van der Waals surface area contributed by atoms with Crippen LogP contribution in [-0.4, -0.2) is 65.4 Å². The predicted molar refractivity (Wildman–Crippen MR) is 140 cm³/mol. The van der Waals surface area contributed by atoms with E-state index < -0.39 is 6.10 Å². The zero-order valence-corrected chi connectivity index (χ0v) is 21.9. The number of β-amino-alcohol motifs (C(OH)–C–C–N with tert-alkyl or cyclic N) is 1. The third-order valence-corrected chi connectivity index (χ3v) is 8.12. The molecular weight excluding hydrogens is 470 g/mol. The Hall–Kier alpha value is -2.46. The SMILES string of the molecule is Cc1c(OCc2cnco2)ccc2c1CCN(C[C@@H](O)CNC(=O)C1CCNC(NC3CCCC3)C1)C2. The van der Waals surface area contributed by atoms with E-state index in [0.29, 0.717) is 31.5 Å². The molecule has 1 aromatic carbocycles. The van der Waals surface area contributed by atoms with Crippen LogP contribution in [0.2, 0.25) is 0 Å². The summed E-state index contributed by atoms with van der Waals surface area (Å²) in [4.78, 5) is 19.0. The van der Waals surface area contributed by atoms with Crippen molar-refractivity contribution in [2.24, 2.45) is 5.92 Å². The van der Waals surface area contributed by atoms with Crippen molar-refractivity contribution < 1.29 is 19.1 Å². The second-order valence-corrected chi connectivity index (χ2v) is 10.8. The van der Waals surface area contributed by atoms with E-state index in [2.05, 4.69) is 38.8 Å². The van der Waals surface area contributed by atoms with E-state index in [1.54, 1.807) is 6.20 Å². The monoisotopic (exact) mass is 511 g/mol. The minimum Gasteiger partial charge on any atom is -0.485 e. The number of rotatable bonds is 10. The lowest BCUT2D eigenvalue weighted by molar-refractivity contribution is -0.126. The standard InChI is InChI=1S/C28H41N5O4/c1-19-25-9-11-33(15-21(25)6-7-26(19)36-17-24-14-29-18-37-24)16-23(34)13-31-28(35)20-8-10-30-27(12-20)32-22-4-2-3-5-22/h6-7,14,18,20,22-23,27,30,32,34H,2-5,8-13,15-17H2,1H3,(H,31,35)/t20?,23-,27?/m0/s1. The molecule has 2 aliphatic heterocycles. The Bertz CT molecular complexity index is 1020. The van der Waals surface area contributed by atoms with Gasteiger partial charge < -0.3 is 24.9 Å².